The third kappa shape index (κ3) is 7.44. The molecule has 2 aromatic rings. The summed E-state index contributed by atoms with van der Waals surface area (Å²) in [6.07, 6.45) is 4.55. The fourth-order valence-corrected chi connectivity index (χ4v) is 2.25. The Hall–Kier alpha value is -2.95. The zero-order valence-electron chi connectivity index (χ0n) is 14.2. The maximum Gasteiger partial charge on any atom is 0.251 e. The van der Waals surface area contributed by atoms with E-state index in [2.05, 4.69) is 15.8 Å². The third-order valence-electron chi connectivity index (χ3n) is 3.60. The second-order valence-corrected chi connectivity index (χ2v) is 5.64. The molecule has 0 atom stereocenters. The molecule has 2 N–H and O–H groups in total. The quantitative estimate of drug-likeness (QED) is 0.419. The first-order valence-electron chi connectivity index (χ1n) is 8.46. The van der Waals surface area contributed by atoms with Gasteiger partial charge < -0.3 is 5.32 Å². The minimum atomic E-state index is -0.0968. The molecule has 0 saturated heterocycles. The monoisotopic (exact) mass is 337 g/mol. The van der Waals surface area contributed by atoms with E-state index in [1.54, 1.807) is 18.3 Å². The Bertz CT molecular complexity index is 685. The fraction of sp³-hybridized carbons (Fsp3) is 0.250. The molecule has 0 spiro atoms. The molecule has 0 fully saturated rings. The maximum absolute atomic E-state index is 11.8. The second-order valence-electron chi connectivity index (χ2n) is 5.64. The van der Waals surface area contributed by atoms with Gasteiger partial charge in [0.25, 0.3) is 5.91 Å². The van der Waals surface area contributed by atoms with E-state index in [0.717, 1.165) is 24.8 Å². The van der Waals surface area contributed by atoms with Crippen LogP contribution in [0.15, 0.2) is 65.8 Å². The summed E-state index contributed by atoms with van der Waals surface area (Å²) in [7, 11) is 0. The molecule has 5 nitrogen and oxygen atoms in total. The number of carbonyl (C=O) groups is 2. The lowest BCUT2D eigenvalue weighted by molar-refractivity contribution is -0.121. The number of unbranched alkanes of at least 4 members (excludes halogenated alkanes) is 2. The highest BCUT2D eigenvalue weighted by molar-refractivity contribution is 5.94. The number of carbonyl (C=O) groups excluding carboxylic acids is 2. The number of hydrogen-bond acceptors (Lipinski definition) is 3. The minimum Gasteiger partial charge on any atom is -0.352 e. The lowest BCUT2D eigenvalue weighted by atomic mass is 10.2. The predicted octanol–water partition coefficient (Wildman–Crippen LogP) is 3.13. The van der Waals surface area contributed by atoms with Crippen LogP contribution < -0.4 is 10.7 Å². The molecular weight excluding hydrogens is 314 g/mol. The number of amides is 2. The Morgan fingerprint density at radius 2 is 1.56 bits per heavy atom. The molecule has 0 aromatic heterocycles. The van der Waals surface area contributed by atoms with Crippen LogP contribution in [0, 0.1) is 0 Å². The summed E-state index contributed by atoms with van der Waals surface area (Å²) in [4.78, 5) is 23.5. The molecule has 0 radical (unpaired) electrons. The first kappa shape index (κ1) is 18.4. The van der Waals surface area contributed by atoms with E-state index in [4.69, 9.17) is 0 Å². The van der Waals surface area contributed by atoms with Crippen molar-refractivity contribution in [2.24, 2.45) is 5.10 Å². The van der Waals surface area contributed by atoms with Gasteiger partial charge in [-0.2, -0.15) is 5.10 Å². The van der Waals surface area contributed by atoms with Gasteiger partial charge in [-0.3, -0.25) is 9.59 Å². The summed E-state index contributed by atoms with van der Waals surface area (Å²) in [5.41, 5.74) is 4.13. The Morgan fingerprint density at radius 3 is 2.28 bits per heavy atom. The van der Waals surface area contributed by atoms with Gasteiger partial charge in [-0.25, -0.2) is 5.43 Å². The van der Waals surface area contributed by atoms with Crippen molar-refractivity contribution in [3.63, 3.8) is 0 Å². The second kappa shape index (κ2) is 10.8. The summed E-state index contributed by atoms with van der Waals surface area (Å²) in [6, 6.07) is 18.7. The van der Waals surface area contributed by atoms with Crippen LogP contribution in [0.2, 0.25) is 0 Å². The van der Waals surface area contributed by atoms with Crippen molar-refractivity contribution in [1.29, 1.82) is 0 Å². The van der Waals surface area contributed by atoms with Gasteiger partial charge in [-0.05, 0) is 30.5 Å². The number of benzene rings is 2. The molecule has 0 aliphatic carbocycles. The van der Waals surface area contributed by atoms with Gasteiger partial charge >= 0.3 is 0 Å². The molecule has 5 heteroatoms. The molecule has 0 bridgehead atoms. The largest absolute Gasteiger partial charge is 0.352 e. The lowest BCUT2D eigenvalue weighted by Crippen LogP contribution is -2.24. The highest BCUT2D eigenvalue weighted by atomic mass is 16.2. The van der Waals surface area contributed by atoms with Crippen LogP contribution in [-0.2, 0) is 4.79 Å². The molecule has 0 unspecified atom stereocenters. The Balaban J connectivity index is 1.52. The van der Waals surface area contributed by atoms with Gasteiger partial charge in [0.05, 0.1) is 6.21 Å². The van der Waals surface area contributed by atoms with Gasteiger partial charge in [0.2, 0.25) is 5.91 Å². The van der Waals surface area contributed by atoms with Crippen LogP contribution in [0.3, 0.4) is 0 Å². The third-order valence-corrected chi connectivity index (χ3v) is 3.60. The van der Waals surface area contributed by atoms with Crippen molar-refractivity contribution in [3.8, 4) is 0 Å². The summed E-state index contributed by atoms with van der Waals surface area (Å²) in [6.45, 7) is 0.613. The van der Waals surface area contributed by atoms with Crippen molar-refractivity contribution in [2.45, 2.75) is 25.7 Å². The zero-order valence-corrected chi connectivity index (χ0v) is 14.2. The van der Waals surface area contributed by atoms with Crippen LogP contribution in [0.4, 0.5) is 0 Å². The Kier molecular flexibility index (Phi) is 7.91. The van der Waals surface area contributed by atoms with Crippen molar-refractivity contribution in [1.82, 2.24) is 10.7 Å². The highest BCUT2D eigenvalue weighted by Gasteiger charge is 2.03. The lowest BCUT2D eigenvalue weighted by Gasteiger charge is -2.05. The van der Waals surface area contributed by atoms with Crippen molar-refractivity contribution in [3.05, 3.63) is 71.8 Å². The molecular formula is C20H23N3O2. The fourth-order valence-electron chi connectivity index (χ4n) is 2.25. The van der Waals surface area contributed by atoms with Crippen LogP contribution in [0.25, 0.3) is 0 Å². The molecule has 0 aliphatic heterocycles. The van der Waals surface area contributed by atoms with Crippen LogP contribution >= 0.6 is 0 Å². The van der Waals surface area contributed by atoms with E-state index in [9.17, 15) is 9.59 Å². The van der Waals surface area contributed by atoms with Gasteiger partial charge in [0.15, 0.2) is 0 Å². The van der Waals surface area contributed by atoms with Gasteiger partial charge in [0, 0.05) is 18.5 Å². The number of nitrogens with zero attached hydrogens (tertiary/aromatic N) is 1. The number of nitrogens with one attached hydrogen (secondary N) is 2. The zero-order chi connectivity index (χ0) is 17.7. The normalized spacial score (nSPS) is 10.6. The molecule has 130 valence electrons. The summed E-state index contributed by atoms with van der Waals surface area (Å²) in [5, 5.41) is 6.81. The molecule has 2 rings (SSSR count). The van der Waals surface area contributed by atoms with Gasteiger partial charge in [0.1, 0.15) is 0 Å². The predicted molar refractivity (Wildman–Crippen MR) is 99.4 cm³/mol. The van der Waals surface area contributed by atoms with E-state index in [-0.39, 0.29) is 11.8 Å². The number of rotatable bonds is 9. The van der Waals surface area contributed by atoms with Crippen LogP contribution in [-0.4, -0.2) is 24.6 Å². The smallest absolute Gasteiger partial charge is 0.251 e. The topological polar surface area (TPSA) is 70.6 Å². The minimum absolute atomic E-state index is 0.0615. The van der Waals surface area contributed by atoms with E-state index in [1.165, 1.54) is 0 Å². The SMILES string of the molecule is O=C(CCCCCNC(=O)c1ccccc1)NN=Cc1ccccc1. The van der Waals surface area contributed by atoms with Gasteiger partial charge in [-0.1, -0.05) is 55.0 Å². The maximum atomic E-state index is 11.8. The first-order chi connectivity index (χ1) is 12.3. The summed E-state index contributed by atoms with van der Waals surface area (Å²) >= 11 is 0. The van der Waals surface area contributed by atoms with Crippen molar-refractivity contribution < 1.29 is 9.59 Å². The number of hydrazone groups is 1. The standard InChI is InChI=1S/C20H23N3O2/c24-19(23-22-16-17-10-4-1-5-11-17)14-8-3-9-15-21-20(25)18-12-6-2-7-13-18/h1-2,4-7,10-13,16H,3,8-9,14-15H2,(H,21,25)(H,23,24). The molecule has 2 amide bonds. The molecule has 0 aliphatic rings. The van der Waals surface area contributed by atoms with E-state index < -0.39 is 0 Å². The van der Waals surface area contributed by atoms with Crippen LogP contribution in [0.5, 0.6) is 0 Å². The summed E-state index contributed by atoms with van der Waals surface area (Å²) in [5.74, 6) is -0.158. The molecule has 25 heavy (non-hydrogen) atoms. The molecule has 2 aromatic carbocycles. The average molecular weight is 337 g/mol. The highest BCUT2D eigenvalue weighted by Crippen LogP contribution is 2.01. The van der Waals surface area contributed by atoms with Crippen molar-refractivity contribution in [2.75, 3.05) is 6.54 Å². The van der Waals surface area contributed by atoms with E-state index in [1.807, 2.05) is 48.5 Å². The van der Waals surface area contributed by atoms with Gasteiger partial charge in [-0.15, -0.1) is 0 Å². The average Bonchev–Trinajstić information content (AvgIpc) is 2.66. The Labute approximate surface area is 148 Å². The first-order valence-corrected chi connectivity index (χ1v) is 8.46. The molecule has 0 heterocycles. The van der Waals surface area contributed by atoms with E-state index >= 15 is 0 Å². The van der Waals surface area contributed by atoms with Crippen molar-refractivity contribution >= 4 is 18.0 Å². The molecule has 0 saturated carbocycles. The number of hydrogen-bond donors (Lipinski definition) is 2. The summed E-state index contributed by atoms with van der Waals surface area (Å²) < 4.78 is 0. The van der Waals surface area contributed by atoms with E-state index in [0.29, 0.717) is 18.5 Å². The Morgan fingerprint density at radius 1 is 0.880 bits per heavy atom. The van der Waals surface area contributed by atoms with Crippen LogP contribution in [0.1, 0.15) is 41.6 Å².